The molecule has 0 aliphatic carbocycles. The molecule has 0 heterocycles. The number of amides is 1. The minimum Gasteiger partial charge on any atom is -0.351 e. The van der Waals surface area contributed by atoms with Gasteiger partial charge in [0.2, 0.25) is 5.91 Å². The molecule has 0 aromatic rings. The van der Waals surface area contributed by atoms with Crippen molar-refractivity contribution in [3.05, 3.63) is 0 Å². The molecular weight excluding hydrogens is 444 g/mol. The van der Waals surface area contributed by atoms with Gasteiger partial charge in [-0.15, -0.1) is 0 Å². The van der Waals surface area contributed by atoms with E-state index < -0.39 is 0 Å². The van der Waals surface area contributed by atoms with Gasteiger partial charge in [-0.25, -0.2) is 0 Å². The van der Waals surface area contributed by atoms with Crippen molar-refractivity contribution in [2.45, 2.75) is 176 Å². The number of carbonyl (C=O) groups is 1. The third-order valence-electron chi connectivity index (χ3n) is 6.79. The molecule has 0 bridgehead atoms. The Labute approximate surface area is 226 Å². The summed E-state index contributed by atoms with van der Waals surface area (Å²) in [6.45, 7) is 35.4. The summed E-state index contributed by atoms with van der Waals surface area (Å²) in [7, 11) is 0. The van der Waals surface area contributed by atoms with Crippen molar-refractivity contribution in [3.63, 3.8) is 0 Å². The average Bonchev–Trinajstić information content (AvgIpc) is 2.45. The summed E-state index contributed by atoms with van der Waals surface area (Å²) in [5.74, 6) is 1.25. The molecule has 0 aromatic carbocycles. The van der Waals surface area contributed by atoms with E-state index in [9.17, 15) is 4.79 Å². The van der Waals surface area contributed by atoms with Crippen LogP contribution in [0.25, 0.3) is 0 Å². The highest BCUT2D eigenvalue weighted by Gasteiger charge is 2.39. The lowest BCUT2D eigenvalue weighted by Crippen LogP contribution is -2.62. The minimum atomic E-state index is -0.308. The van der Waals surface area contributed by atoms with Gasteiger partial charge in [0.1, 0.15) is 0 Å². The molecule has 0 spiro atoms. The van der Waals surface area contributed by atoms with Gasteiger partial charge in [0.05, 0.1) is 0 Å². The molecule has 36 heavy (non-hydrogen) atoms. The van der Waals surface area contributed by atoms with Gasteiger partial charge in [-0.05, 0) is 127 Å². The van der Waals surface area contributed by atoms with Crippen LogP contribution in [0, 0.1) is 17.8 Å². The maximum Gasteiger partial charge on any atom is 0.223 e. The molecule has 5 nitrogen and oxygen atoms in total. The van der Waals surface area contributed by atoms with Gasteiger partial charge in [-0.2, -0.15) is 0 Å². The van der Waals surface area contributed by atoms with Crippen LogP contribution in [0.3, 0.4) is 0 Å². The Bertz CT molecular complexity index is 683. The molecule has 216 valence electrons. The molecule has 2 unspecified atom stereocenters. The van der Waals surface area contributed by atoms with E-state index in [1.54, 1.807) is 0 Å². The largest absolute Gasteiger partial charge is 0.351 e. The van der Waals surface area contributed by atoms with Crippen LogP contribution in [0.2, 0.25) is 0 Å². The summed E-state index contributed by atoms with van der Waals surface area (Å²) in [5.41, 5.74) is 5.39. The zero-order valence-corrected chi connectivity index (χ0v) is 27.3. The Morgan fingerprint density at radius 3 is 1.36 bits per heavy atom. The van der Waals surface area contributed by atoms with Crippen LogP contribution in [0.5, 0.6) is 0 Å². The van der Waals surface area contributed by atoms with Gasteiger partial charge in [0.25, 0.3) is 0 Å². The summed E-state index contributed by atoms with van der Waals surface area (Å²) < 4.78 is 0. The Hall–Kier alpha value is -0.650. The summed E-state index contributed by atoms with van der Waals surface area (Å²) in [5, 5.41) is 11.2. The molecule has 0 fully saturated rings. The fourth-order valence-corrected chi connectivity index (χ4v) is 7.58. The van der Waals surface area contributed by atoms with Crippen molar-refractivity contribution in [2.24, 2.45) is 23.5 Å². The van der Waals surface area contributed by atoms with E-state index in [-0.39, 0.29) is 45.1 Å². The fourth-order valence-electron chi connectivity index (χ4n) is 7.58. The normalized spacial score (nSPS) is 16.3. The third kappa shape index (κ3) is 14.9. The molecule has 0 rings (SSSR count). The van der Waals surface area contributed by atoms with E-state index in [4.69, 9.17) is 5.73 Å². The predicted molar refractivity (Wildman–Crippen MR) is 159 cm³/mol. The first-order valence-corrected chi connectivity index (χ1v) is 14.4. The van der Waals surface area contributed by atoms with Gasteiger partial charge >= 0.3 is 0 Å². The topological polar surface area (TPSA) is 79.2 Å². The highest BCUT2D eigenvalue weighted by atomic mass is 16.2. The van der Waals surface area contributed by atoms with E-state index in [0.29, 0.717) is 11.8 Å². The van der Waals surface area contributed by atoms with Crippen LogP contribution < -0.4 is 21.7 Å². The summed E-state index contributed by atoms with van der Waals surface area (Å²) in [6.07, 6.45) is 4.65. The monoisotopic (exact) mass is 511 g/mol. The third-order valence-corrected chi connectivity index (χ3v) is 6.79. The van der Waals surface area contributed by atoms with Crippen LogP contribution >= 0.6 is 0 Å². The molecule has 0 radical (unpaired) electrons. The molecule has 0 aliphatic rings. The Kier molecular flexibility index (Phi) is 12.2. The predicted octanol–water partition coefficient (Wildman–Crippen LogP) is 6.79. The van der Waals surface area contributed by atoms with E-state index in [2.05, 4.69) is 127 Å². The first kappa shape index (κ1) is 35.4. The molecular formula is C31H66N4O. The lowest BCUT2D eigenvalue weighted by molar-refractivity contribution is -0.128. The van der Waals surface area contributed by atoms with E-state index in [1.807, 2.05) is 0 Å². The Morgan fingerprint density at radius 1 is 0.667 bits per heavy atom. The van der Waals surface area contributed by atoms with Gasteiger partial charge in [0.15, 0.2) is 0 Å². The maximum atomic E-state index is 13.3. The van der Waals surface area contributed by atoms with Gasteiger partial charge in [0, 0.05) is 39.2 Å². The summed E-state index contributed by atoms with van der Waals surface area (Å²) in [4.78, 5) is 13.3. The van der Waals surface area contributed by atoms with Crippen LogP contribution in [0.1, 0.15) is 143 Å². The average molecular weight is 511 g/mol. The number of hydrogen-bond donors (Lipinski definition) is 4. The number of nitrogens with one attached hydrogen (secondary N) is 3. The maximum absolute atomic E-state index is 13.3. The second-order valence-electron chi connectivity index (χ2n) is 16.3. The van der Waals surface area contributed by atoms with E-state index in [1.165, 1.54) is 0 Å². The van der Waals surface area contributed by atoms with E-state index in [0.717, 1.165) is 32.1 Å². The quantitative estimate of drug-likeness (QED) is 0.184. The van der Waals surface area contributed by atoms with Crippen molar-refractivity contribution < 1.29 is 4.79 Å². The van der Waals surface area contributed by atoms with Crippen molar-refractivity contribution in [1.29, 1.82) is 0 Å². The van der Waals surface area contributed by atoms with Crippen molar-refractivity contribution in [1.82, 2.24) is 16.0 Å². The fraction of sp³-hybridized carbons (Fsp3) is 0.968. The van der Waals surface area contributed by atoms with Gasteiger partial charge in [-0.3, -0.25) is 4.79 Å². The molecule has 2 atom stereocenters. The first-order chi connectivity index (χ1) is 15.7. The summed E-state index contributed by atoms with van der Waals surface area (Å²) >= 11 is 0. The lowest BCUT2D eigenvalue weighted by atomic mass is 9.79. The lowest BCUT2D eigenvalue weighted by Gasteiger charge is -2.47. The van der Waals surface area contributed by atoms with Crippen molar-refractivity contribution in [2.75, 3.05) is 0 Å². The molecule has 0 aliphatic heterocycles. The smallest absolute Gasteiger partial charge is 0.223 e. The molecule has 0 aromatic heterocycles. The highest BCUT2D eigenvalue weighted by Crippen LogP contribution is 2.30. The number of rotatable bonds is 16. The number of carbonyl (C=O) groups excluding carboxylic acids is 1. The van der Waals surface area contributed by atoms with Crippen LogP contribution in [-0.2, 0) is 4.79 Å². The van der Waals surface area contributed by atoms with E-state index >= 15 is 0 Å². The second-order valence-corrected chi connectivity index (χ2v) is 16.3. The van der Waals surface area contributed by atoms with Crippen LogP contribution in [0.4, 0.5) is 0 Å². The Balaban J connectivity index is 5.30. The zero-order chi connectivity index (χ0) is 29.0. The van der Waals surface area contributed by atoms with Crippen LogP contribution in [0.15, 0.2) is 0 Å². The molecule has 5 N–H and O–H groups in total. The van der Waals surface area contributed by atoms with Gasteiger partial charge < -0.3 is 21.7 Å². The summed E-state index contributed by atoms with van der Waals surface area (Å²) in [6, 6.07) is 0. The van der Waals surface area contributed by atoms with Crippen LogP contribution in [-0.4, -0.2) is 39.1 Å². The second kappa shape index (κ2) is 12.5. The minimum absolute atomic E-state index is 0.0629. The molecule has 0 saturated heterocycles. The molecule has 5 heteroatoms. The molecule has 1 amide bonds. The number of nitrogens with two attached hydrogens (primary N) is 1. The first-order valence-electron chi connectivity index (χ1n) is 14.4. The highest BCUT2D eigenvalue weighted by molar-refractivity contribution is 5.79. The SMILES string of the molecule is CCC(C(=O)NC(C)(C)CC(C)(C)NC(C)(C)CC(C)(C)NC(C)(C)CC(C)(C)N)C(C)CC(C)C. The Morgan fingerprint density at radius 2 is 1.03 bits per heavy atom. The van der Waals surface area contributed by atoms with Gasteiger partial charge in [-0.1, -0.05) is 27.7 Å². The van der Waals surface area contributed by atoms with Crippen molar-refractivity contribution >= 4 is 5.91 Å². The number of hydrogen-bond acceptors (Lipinski definition) is 4. The zero-order valence-electron chi connectivity index (χ0n) is 27.3. The van der Waals surface area contributed by atoms with Crippen molar-refractivity contribution in [3.8, 4) is 0 Å². The molecule has 0 saturated carbocycles. The standard InChI is InChI=1S/C31H66N4O/c1-17-24(23(4)18-22(2)3)25(36)33-27(7,8)20-29(11,12)35-31(15,16)21-30(13,14)34-28(9,10)19-26(5,6)32/h22-24,34-35H,17-21,32H2,1-16H3,(H,33,36).